The Labute approximate surface area is 145 Å². The summed E-state index contributed by atoms with van der Waals surface area (Å²) in [6.45, 7) is 4.77. The molecule has 1 aliphatic rings. The second kappa shape index (κ2) is 7.23. The second-order valence-electron chi connectivity index (χ2n) is 5.95. The van der Waals surface area contributed by atoms with Crippen LogP contribution in [0, 0.1) is 0 Å². The lowest BCUT2D eigenvalue weighted by atomic mass is 10.2. The van der Waals surface area contributed by atoms with Crippen molar-refractivity contribution >= 4 is 34.2 Å². The molecule has 3 rings (SSSR count). The van der Waals surface area contributed by atoms with Gasteiger partial charge in [-0.25, -0.2) is 4.79 Å². The number of nitrogens with one attached hydrogen (secondary N) is 3. The van der Waals surface area contributed by atoms with Crippen molar-refractivity contribution in [3.05, 3.63) is 39.6 Å². The number of fused-ring (bicyclic) bond motifs is 1. The van der Waals surface area contributed by atoms with Gasteiger partial charge >= 0.3 is 6.03 Å². The number of anilines is 1. The highest BCUT2D eigenvalue weighted by atomic mass is 35.5. The van der Waals surface area contributed by atoms with Gasteiger partial charge in [0.2, 0.25) is 5.43 Å². The van der Waals surface area contributed by atoms with Crippen LogP contribution in [0.15, 0.2) is 29.2 Å². The fourth-order valence-electron chi connectivity index (χ4n) is 3.23. The molecule has 0 spiro atoms. The molecular weight excluding hydrogens is 328 g/mol. The minimum atomic E-state index is -0.371. The summed E-state index contributed by atoms with van der Waals surface area (Å²) in [7, 11) is 0. The Morgan fingerprint density at radius 1 is 1.46 bits per heavy atom. The summed E-state index contributed by atoms with van der Waals surface area (Å²) in [4.78, 5) is 29.9. The van der Waals surface area contributed by atoms with Crippen LogP contribution in [0.2, 0.25) is 5.02 Å². The lowest BCUT2D eigenvalue weighted by molar-refractivity contribution is 0.238. The Morgan fingerprint density at radius 3 is 3.08 bits per heavy atom. The predicted molar refractivity (Wildman–Crippen MR) is 96.9 cm³/mol. The number of likely N-dealkylation sites (N-methyl/N-ethyl adjacent to an activating group) is 1. The van der Waals surface area contributed by atoms with E-state index in [2.05, 4.69) is 27.4 Å². The van der Waals surface area contributed by atoms with Crippen molar-refractivity contribution in [1.29, 1.82) is 0 Å². The molecule has 1 saturated heterocycles. The van der Waals surface area contributed by atoms with Gasteiger partial charge in [-0.05, 0) is 38.1 Å². The molecule has 24 heavy (non-hydrogen) atoms. The van der Waals surface area contributed by atoms with Crippen LogP contribution in [0.25, 0.3) is 10.9 Å². The summed E-state index contributed by atoms with van der Waals surface area (Å²) >= 11 is 6.06. The number of halogens is 1. The third-order valence-electron chi connectivity index (χ3n) is 4.52. The van der Waals surface area contributed by atoms with Gasteiger partial charge in [0.1, 0.15) is 5.69 Å². The Morgan fingerprint density at radius 2 is 2.29 bits per heavy atom. The standard InChI is InChI=1S/C17H21ClN4O2/c1-2-22-8-4-5-11(22)9-20-17(24)21-14-10-19-15-12(16(14)23)6-3-7-13(15)18/h3,6-7,10-11H,2,4-5,8-9H2,1H3,(H,19,23)(H2,20,21,24). The number of carbonyl (C=O) groups is 1. The van der Waals surface area contributed by atoms with E-state index >= 15 is 0 Å². The van der Waals surface area contributed by atoms with Crippen molar-refractivity contribution in [2.24, 2.45) is 0 Å². The smallest absolute Gasteiger partial charge is 0.319 e. The number of para-hydroxylation sites is 1. The number of carbonyl (C=O) groups excluding carboxylic acids is 1. The summed E-state index contributed by atoms with van der Waals surface area (Å²) in [5.74, 6) is 0. The first-order valence-electron chi connectivity index (χ1n) is 8.19. The van der Waals surface area contributed by atoms with Gasteiger partial charge in [-0.3, -0.25) is 9.69 Å². The number of pyridine rings is 1. The number of nitrogens with zero attached hydrogens (tertiary/aromatic N) is 1. The minimum Gasteiger partial charge on any atom is -0.358 e. The van der Waals surface area contributed by atoms with Crippen molar-refractivity contribution < 1.29 is 4.79 Å². The molecule has 1 unspecified atom stereocenters. The third kappa shape index (κ3) is 3.39. The number of rotatable bonds is 4. The van der Waals surface area contributed by atoms with E-state index in [-0.39, 0.29) is 17.1 Å². The monoisotopic (exact) mass is 348 g/mol. The molecule has 3 N–H and O–H groups in total. The van der Waals surface area contributed by atoms with Crippen LogP contribution < -0.4 is 16.1 Å². The average molecular weight is 349 g/mol. The maximum atomic E-state index is 12.4. The van der Waals surface area contributed by atoms with E-state index in [0.717, 1.165) is 25.9 Å². The largest absolute Gasteiger partial charge is 0.358 e. The number of amides is 2. The van der Waals surface area contributed by atoms with Gasteiger partial charge in [-0.1, -0.05) is 24.6 Å². The van der Waals surface area contributed by atoms with Gasteiger partial charge < -0.3 is 15.6 Å². The maximum absolute atomic E-state index is 12.4. The molecule has 1 atom stereocenters. The molecule has 128 valence electrons. The van der Waals surface area contributed by atoms with E-state index < -0.39 is 0 Å². The molecule has 2 amide bonds. The molecule has 0 radical (unpaired) electrons. The van der Waals surface area contributed by atoms with Crippen molar-refractivity contribution in [2.45, 2.75) is 25.8 Å². The zero-order valence-corrected chi connectivity index (χ0v) is 14.3. The van der Waals surface area contributed by atoms with Gasteiger partial charge in [0, 0.05) is 24.2 Å². The van der Waals surface area contributed by atoms with Crippen molar-refractivity contribution in [1.82, 2.24) is 15.2 Å². The number of likely N-dealkylation sites (tertiary alicyclic amines) is 1. The van der Waals surface area contributed by atoms with Crippen molar-refractivity contribution in [2.75, 3.05) is 25.0 Å². The number of urea groups is 1. The van der Waals surface area contributed by atoms with E-state index in [0.29, 0.717) is 28.5 Å². The first-order chi connectivity index (χ1) is 11.6. The quantitative estimate of drug-likeness (QED) is 0.795. The van der Waals surface area contributed by atoms with Crippen LogP contribution >= 0.6 is 11.6 Å². The van der Waals surface area contributed by atoms with Crippen LogP contribution in [0.3, 0.4) is 0 Å². The first-order valence-corrected chi connectivity index (χ1v) is 8.56. The molecule has 1 aromatic heterocycles. The van der Waals surface area contributed by atoms with Gasteiger partial charge in [-0.15, -0.1) is 0 Å². The number of hydrogen-bond acceptors (Lipinski definition) is 3. The van der Waals surface area contributed by atoms with E-state index in [1.807, 2.05) is 0 Å². The van der Waals surface area contributed by atoms with Crippen molar-refractivity contribution in [3.63, 3.8) is 0 Å². The number of benzene rings is 1. The second-order valence-corrected chi connectivity index (χ2v) is 6.36. The molecule has 1 fully saturated rings. The summed E-state index contributed by atoms with van der Waals surface area (Å²) in [6.07, 6.45) is 3.72. The van der Waals surface area contributed by atoms with E-state index in [4.69, 9.17) is 11.6 Å². The third-order valence-corrected chi connectivity index (χ3v) is 4.83. The molecule has 0 saturated carbocycles. The molecule has 1 aromatic carbocycles. The van der Waals surface area contributed by atoms with Crippen LogP contribution in [-0.4, -0.2) is 41.6 Å². The molecule has 2 aromatic rings. The summed E-state index contributed by atoms with van der Waals surface area (Å²) in [6, 6.07) is 5.10. The van der Waals surface area contributed by atoms with E-state index in [1.165, 1.54) is 6.20 Å². The highest BCUT2D eigenvalue weighted by Crippen LogP contribution is 2.19. The fourth-order valence-corrected chi connectivity index (χ4v) is 3.46. The highest BCUT2D eigenvalue weighted by Gasteiger charge is 2.23. The lowest BCUT2D eigenvalue weighted by Gasteiger charge is -2.22. The number of aromatic nitrogens is 1. The summed E-state index contributed by atoms with van der Waals surface area (Å²) in [5.41, 5.74) is 0.526. The number of hydrogen-bond donors (Lipinski definition) is 3. The first kappa shape index (κ1) is 16.8. The predicted octanol–water partition coefficient (Wildman–Crippen LogP) is 2.79. The zero-order valence-electron chi connectivity index (χ0n) is 13.6. The van der Waals surface area contributed by atoms with Crippen LogP contribution in [0.5, 0.6) is 0 Å². The number of H-pyrrole nitrogens is 1. The molecular formula is C17H21ClN4O2. The van der Waals surface area contributed by atoms with Crippen LogP contribution in [-0.2, 0) is 0 Å². The molecule has 1 aliphatic heterocycles. The van der Waals surface area contributed by atoms with Crippen molar-refractivity contribution in [3.8, 4) is 0 Å². The van der Waals surface area contributed by atoms with E-state index in [9.17, 15) is 9.59 Å². The zero-order chi connectivity index (χ0) is 17.1. The Kier molecular flexibility index (Phi) is 5.06. The van der Waals surface area contributed by atoms with Crippen LogP contribution in [0.4, 0.5) is 10.5 Å². The molecule has 0 bridgehead atoms. The topological polar surface area (TPSA) is 77.2 Å². The van der Waals surface area contributed by atoms with E-state index in [1.54, 1.807) is 18.2 Å². The fraction of sp³-hybridized carbons (Fsp3) is 0.412. The molecule has 6 nitrogen and oxygen atoms in total. The highest BCUT2D eigenvalue weighted by molar-refractivity contribution is 6.35. The summed E-state index contributed by atoms with van der Waals surface area (Å²) < 4.78 is 0. The average Bonchev–Trinajstić information content (AvgIpc) is 3.04. The molecule has 7 heteroatoms. The lowest BCUT2D eigenvalue weighted by Crippen LogP contribution is -2.41. The summed E-state index contributed by atoms with van der Waals surface area (Å²) in [5, 5.41) is 6.40. The molecule has 0 aliphatic carbocycles. The Hall–Kier alpha value is -2.05. The Balaban J connectivity index is 1.67. The van der Waals surface area contributed by atoms with Crippen LogP contribution in [0.1, 0.15) is 19.8 Å². The SMILES string of the molecule is CCN1CCCC1CNC(=O)Nc1c[nH]c2c(Cl)cccc2c1=O. The maximum Gasteiger partial charge on any atom is 0.319 e. The van der Waals surface area contributed by atoms with Gasteiger partial charge in [0.15, 0.2) is 0 Å². The minimum absolute atomic E-state index is 0.209. The normalized spacial score (nSPS) is 18.0. The van der Waals surface area contributed by atoms with Gasteiger partial charge in [-0.2, -0.15) is 0 Å². The molecule has 2 heterocycles. The van der Waals surface area contributed by atoms with Gasteiger partial charge in [0.25, 0.3) is 0 Å². The number of aromatic amines is 1. The van der Waals surface area contributed by atoms with Gasteiger partial charge in [0.05, 0.1) is 10.5 Å². The Bertz CT molecular complexity index is 805.